The van der Waals surface area contributed by atoms with Crippen LogP contribution in [0.2, 0.25) is 0 Å². The molecule has 2 heterocycles. The summed E-state index contributed by atoms with van der Waals surface area (Å²) in [6, 6.07) is 6.85. The molecule has 0 aromatic heterocycles. The van der Waals surface area contributed by atoms with E-state index in [2.05, 4.69) is 28.8 Å². The van der Waals surface area contributed by atoms with Crippen LogP contribution >= 0.6 is 0 Å². The third kappa shape index (κ3) is 2.76. The molecule has 3 rings (SSSR count). The Bertz CT molecular complexity index is 403. The molecule has 1 fully saturated rings. The number of hydrogen-bond acceptors (Lipinski definition) is 4. The summed E-state index contributed by atoms with van der Waals surface area (Å²) in [6.45, 7) is 4.44. The summed E-state index contributed by atoms with van der Waals surface area (Å²) < 4.78 is 10.9. The molecule has 1 saturated heterocycles. The molecule has 0 bridgehead atoms. The topological polar surface area (TPSA) is 42.5 Å². The number of fused-ring (bicyclic) bond motifs is 1. The van der Waals surface area contributed by atoms with Crippen LogP contribution in [0.5, 0.6) is 5.75 Å². The van der Waals surface area contributed by atoms with E-state index in [0.29, 0.717) is 6.04 Å². The quantitative estimate of drug-likeness (QED) is 0.845. The van der Waals surface area contributed by atoms with Gasteiger partial charge in [0, 0.05) is 31.2 Å². The van der Waals surface area contributed by atoms with Gasteiger partial charge in [-0.25, -0.2) is 0 Å². The zero-order chi connectivity index (χ0) is 12.2. The molecule has 0 saturated carbocycles. The SMILES string of the molecule is c1cc2c(cc1NCCC1COCCN1)CCO2. The second kappa shape index (κ2) is 5.59. The maximum atomic E-state index is 5.50. The zero-order valence-corrected chi connectivity index (χ0v) is 10.6. The van der Waals surface area contributed by atoms with Gasteiger partial charge in [0.15, 0.2) is 0 Å². The highest BCUT2D eigenvalue weighted by atomic mass is 16.5. The third-order valence-electron chi connectivity index (χ3n) is 3.51. The number of ether oxygens (including phenoxy) is 2. The Kier molecular flexibility index (Phi) is 3.67. The van der Waals surface area contributed by atoms with E-state index < -0.39 is 0 Å². The normalized spacial score (nSPS) is 22.3. The molecule has 0 amide bonds. The lowest BCUT2D eigenvalue weighted by Gasteiger charge is -2.23. The molecule has 4 heteroatoms. The van der Waals surface area contributed by atoms with Gasteiger partial charge >= 0.3 is 0 Å². The van der Waals surface area contributed by atoms with Crippen LogP contribution in [-0.2, 0) is 11.2 Å². The van der Waals surface area contributed by atoms with Gasteiger partial charge in [0.1, 0.15) is 5.75 Å². The van der Waals surface area contributed by atoms with Crippen LogP contribution in [0.25, 0.3) is 0 Å². The minimum absolute atomic E-state index is 0.490. The van der Waals surface area contributed by atoms with E-state index in [4.69, 9.17) is 9.47 Å². The number of rotatable bonds is 4. The van der Waals surface area contributed by atoms with E-state index in [-0.39, 0.29) is 0 Å². The van der Waals surface area contributed by atoms with Crippen LogP contribution in [0.3, 0.4) is 0 Å². The molecule has 98 valence electrons. The van der Waals surface area contributed by atoms with Crippen molar-refractivity contribution in [1.29, 1.82) is 0 Å². The number of morpholine rings is 1. The maximum absolute atomic E-state index is 5.50. The van der Waals surface area contributed by atoms with Crippen molar-refractivity contribution in [2.24, 2.45) is 0 Å². The summed E-state index contributed by atoms with van der Waals surface area (Å²) in [6.07, 6.45) is 2.12. The average molecular weight is 248 g/mol. The van der Waals surface area contributed by atoms with Gasteiger partial charge in [-0.15, -0.1) is 0 Å². The van der Waals surface area contributed by atoms with Crippen LogP contribution in [0.4, 0.5) is 5.69 Å². The fraction of sp³-hybridized carbons (Fsp3) is 0.571. The summed E-state index contributed by atoms with van der Waals surface area (Å²) in [7, 11) is 0. The highest BCUT2D eigenvalue weighted by Crippen LogP contribution is 2.27. The first-order valence-corrected chi connectivity index (χ1v) is 6.72. The summed E-state index contributed by atoms with van der Waals surface area (Å²) in [5.41, 5.74) is 2.51. The molecule has 1 unspecified atom stereocenters. The Hall–Kier alpha value is -1.26. The average Bonchev–Trinajstić information content (AvgIpc) is 2.87. The Balaban J connectivity index is 1.48. The summed E-state index contributed by atoms with van der Waals surface area (Å²) >= 11 is 0. The van der Waals surface area contributed by atoms with Crippen LogP contribution in [0.1, 0.15) is 12.0 Å². The molecule has 2 aliphatic heterocycles. The van der Waals surface area contributed by atoms with E-state index >= 15 is 0 Å². The van der Waals surface area contributed by atoms with Crippen molar-refractivity contribution in [3.8, 4) is 5.75 Å². The van der Waals surface area contributed by atoms with E-state index in [1.54, 1.807) is 0 Å². The van der Waals surface area contributed by atoms with Gasteiger partial charge in [0.2, 0.25) is 0 Å². The fourth-order valence-corrected chi connectivity index (χ4v) is 2.49. The highest BCUT2D eigenvalue weighted by Gasteiger charge is 2.13. The van der Waals surface area contributed by atoms with Crippen LogP contribution < -0.4 is 15.4 Å². The second-order valence-corrected chi connectivity index (χ2v) is 4.86. The van der Waals surface area contributed by atoms with Gasteiger partial charge in [-0.2, -0.15) is 0 Å². The summed E-state index contributed by atoms with van der Waals surface area (Å²) in [5, 5.41) is 6.93. The first-order chi connectivity index (χ1) is 8.92. The van der Waals surface area contributed by atoms with Crippen molar-refractivity contribution in [1.82, 2.24) is 5.32 Å². The minimum Gasteiger partial charge on any atom is -0.493 e. The molecule has 1 aromatic carbocycles. The summed E-state index contributed by atoms with van der Waals surface area (Å²) in [5.74, 6) is 1.04. The van der Waals surface area contributed by atoms with Crippen molar-refractivity contribution < 1.29 is 9.47 Å². The number of hydrogen-bond donors (Lipinski definition) is 2. The zero-order valence-electron chi connectivity index (χ0n) is 10.6. The number of benzene rings is 1. The molecular weight excluding hydrogens is 228 g/mol. The maximum Gasteiger partial charge on any atom is 0.122 e. The molecule has 4 nitrogen and oxygen atoms in total. The molecule has 1 aromatic rings. The van der Waals surface area contributed by atoms with Crippen LogP contribution in [0.15, 0.2) is 18.2 Å². The number of anilines is 1. The molecule has 1 atom stereocenters. The molecule has 0 aliphatic carbocycles. The molecule has 0 spiro atoms. The smallest absolute Gasteiger partial charge is 0.122 e. The predicted molar refractivity (Wildman–Crippen MR) is 71.4 cm³/mol. The Labute approximate surface area is 108 Å². The lowest BCUT2D eigenvalue weighted by molar-refractivity contribution is 0.0753. The van der Waals surface area contributed by atoms with E-state index in [1.807, 2.05) is 0 Å². The van der Waals surface area contributed by atoms with Crippen molar-refractivity contribution in [2.75, 3.05) is 38.2 Å². The Morgan fingerprint density at radius 3 is 3.22 bits per heavy atom. The van der Waals surface area contributed by atoms with Gasteiger partial charge in [0.25, 0.3) is 0 Å². The molecule has 0 radical (unpaired) electrons. The highest BCUT2D eigenvalue weighted by molar-refractivity contribution is 5.52. The van der Waals surface area contributed by atoms with Gasteiger partial charge in [-0.3, -0.25) is 0 Å². The first-order valence-electron chi connectivity index (χ1n) is 6.72. The Morgan fingerprint density at radius 1 is 1.33 bits per heavy atom. The molecular formula is C14H20N2O2. The van der Waals surface area contributed by atoms with Gasteiger partial charge in [-0.1, -0.05) is 0 Å². The summed E-state index contributed by atoms with van der Waals surface area (Å²) in [4.78, 5) is 0. The largest absolute Gasteiger partial charge is 0.493 e. The minimum atomic E-state index is 0.490. The first kappa shape index (κ1) is 11.8. The van der Waals surface area contributed by atoms with Crippen molar-refractivity contribution in [3.63, 3.8) is 0 Å². The van der Waals surface area contributed by atoms with Crippen molar-refractivity contribution in [3.05, 3.63) is 23.8 Å². The van der Waals surface area contributed by atoms with Crippen LogP contribution in [0, 0.1) is 0 Å². The molecule has 18 heavy (non-hydrogen) atoms. The standard InChI is InChI=1S/C14H20N2O2/c1-2-14-11(4-7-18-14)9-12(1)15-5-3-13-10-17-8-6-16-13/h1-2,9,13,15-16H,3-8,10H2. The van der Waals surface area contributed by atoms with E-state index in [1.165, 1.54) is 11.3 Å². The van der Waals surface area contributed by atoms with Gasteiger partial charge in [-0.05, 0) is 30.2 Å². The third-order valence-corrected chi connectivity index (χ3v) is 3.51. The Morgan fingerprint density at radius 2 is 2.33 bits per heavy atom. The van der Waals surface area contributed by atoms with E-state index in [9.17, 15) is 0 Å². The predicted octanol–water partition coefficient (Wildman–Crippen LogP) is 1.41. The fourth-order valence-electron chi connectivity index (χ4n) is 2.49. The van der Waals surface area contributed by atoms with Gasteiger partial charge in [0.05, 0.1) is 19.8 Å². The van der Waals surface area contributed by atoms with Crippen LogP contribution in [-0.4, -0.2) is 39.0 Å². The second-order valence-electron chi connectivity index (χ2n) is 4.86. The monoisotopic (exact) mass is 248 g/mol. The van der Waals surface area contributed by atoms with Crippen molar-refractivity contribution in [2.45, 2.75) is 18.9 Å². The van der Waals surface area contributed by atoms with Crippen molar-refractivity contribution >= 4 is 5.69 Å². The molecule has 2 N–H and O–H groups in total. The molecule has 2 aliphatic rings. The number of nitrogens with one attached hydrogen (secondary N) is 2. The van der Waals surface area contributed by atoms with Gasteiger partial charge < -0.3 is 20.1 Å². The lowest BCUT2D eigenvalue weighted by atomic mass is 10.1. The lowest BCUT2D eigenvalue weighted by Crippen LogP contribution is -2.42. The van der Waals surface area contributed by atoms with E-state index in [0.717, 1.165) is 51.5 Å².